The maximum absolute atomic E-state index is 12.7. The van der Waals surface area contributed by atoms with Crippen LogP contribution in [0.1, 0.15) is 48.8 Å². The van der Waals surface area contributed by atoms with E-state index in [1.54, 1.807) is 0 Å². The van der Waals surface area contributed by atoms with Gasteiger partial charge in [-0.05, 0) is 39.2 Å². The third-order valence-electron chi connectivity index (χ3n) is 4.88. The molecule has 2 aromatic rings. The molecule has 2 heterocycles. The van der Waals surface area contributed by atoms with Crippen LogP contribution in [0, 0.1) is 13.8 Å². The van der Waals surface area contributed by atoms with Crippen molar-refractivity contribution in [1.29, 1.82) is 0 Å². The molecule has 2 atom stereocenters. The van der Waals surface area contributed by atoms with E-state index in [1.165, 1.54) is 11.1 Å². The number of rotatable bonds is 3. The molecule has 1 N–H and O–H groups in total. The standard InChI is InChI=1S/C19H25N3O2/c1-5-17-18(14(4)24-21-17)20-19(23)22-11-16(10-13(22)3)15-8-6-12(2)7-9-15/h6-9,13,16H,5,10-11H2,1-4H3,(H,20,23). The highest BCUT2D eigenvalue weighted by molar-refractivity contribution is 5.90. The molecule has 3 rings (SSSR count). The lowest BCUT2D eigenvalue weighted by Gasteiger charge is -2.22. The SMILES string of the molecule is CCc1noc(C)c1NC(=O)N1CC(c2ccc(C)cc2)CC1C. The van der Waals surface area contributed by atoms with Crippen LogP contribution in [0.5, 0.6) is 0 Å². The maximum Gasteiger partial charge on any atom is 0.322 e. The normalized spacial score (nSPS) is 20.4. The molecule has 1 aliphatic heterocycles. The van der Waals surface area contributed by atoms with Crippen molar-refractivity contribution < 1.29 is 9.32 Å². The molecule has 1 aromatic heterocycles. The van der Waals surface area contributed by atoms with E-state index in [-0.39, 0.29) is 12.1 Å². The molecule has 2 unspecified atom stereocenters. The summed E-state index contributed by atoms with van der Waals surface area (Å²) in [6.45, 7) is 8.76. The number of nitrogens with zero attached hydrogens (tertiary/aromatic N) is 2. The molecule has 0 bridgehead atoms. The average Bonchev–Trinajstić information content (AvgIpc) is 3.12. The molecular weight excluding hydrogens is 302 g/mol. The minimum absolute atomic E-state index is 0.0712. The van der Waals surface area contributed by atoms with Crippen LogP contribution in [0.25, 0.3) is 0 Å². The number of nitrogens with one attached hydrogen (secondary N) is 1. The van der Waals surface area contributed by atoms with Crippen molar-refractivity contribution in [1.82, 2.24) is 10.1 Å². The van der Waals surface area contributed by atoms with Gasteiger partial charge in [0.2, 0.25) is 0 Å². The quantitative estimate of drug-likeness (QED) is 0.916. The van der Waals surface area contributed by atoms with Crippen molar-refractivity contribution in [2.24, 2.45) is 0 Å². The second kappa shape index (κ2) is 6.67. The number of carbonyl (C=O) groups excluding carboxylic acids is 1. The summed E-state index contributed by atoms with van der Waals surface area (Å²) in [5.74, 6) is 1.04. The number of hydrogen-bond acceptors (Lipinski definition) is 3. The second-order valence-corrected chi connectivity index (χ2v) is 6.69. The molecule has 1 aromatic carbocycles. The number of hydrogen-bond donors (Lipinski definition) is 1. The van der Waals surface area contributed by atoms with Crippen LogP contribution in [-0.2, 0) is 6.42 Å². The van der Waals surface area contributed by atoms with Crippen LogP contribution in [0.15, 0.2) is 28.8 Å². The Hall–Kier alpha value is -2.30. The molecular formula is C19H25N3O2. The Morgan fingerprint density at radius 2 is 2.04 bits per heavy atom. The largest absolute Gasteiger partial charge is 0.359 e. The lowest BCUT2D eigenvalue weighted by atomic mass is 9.96. The van der Waals surface area contributed by atoms with E-state index >= 15 is 0 Å². The zero-order valence-electron chi connectivity index (χ0n) is 14.8. The molecule has 5 nitrogen and oxygen atoms in total. The van der Waals surface area contributed by atoms with Gasteiger partial charge in [0.05, 0.1) is 0 Å². The summed E-state index contributed by atoms with van der Waals surface area (Å²) in [6.07, 6.45) is 1.72. The summed E-state index contributed by atoms with van der Waals surface area (Å²) in [7, 11) is 0. The van der Waals surface area contributed by atoms with Gasteiger partial charge in [-0.2, -0.15) is 0 Å². The third-order valence-corrected chi connectivity index (χ3v) is 4.88. The highest BCUT2D eigenvalue weighted by Crippen LogP contribution is 2.32. The average molecular weight is 327 g/mol. The number of anilines is 1. The zero-order valence-corrected chi connectivity index (χ0v) is 14.8. The van der Waals surface area contributed by atoms with Gasteiger partial charge in [0.25, 0.3) is 0 Å². The van der Waals surface area contributed by atoms with Gasteiger partial charge < -0.3 is 14.7 Å². The van der Waals surface area contributed by atoms with Gasteiger partial charge in [-0.15, -0.1) is 0 Å². The number of likely N-dealkylation sites (tertiary alicyclic amines) is 1. The van der Waals surface area contributed by atoms with Crippen molar-refractivity contribution in [2.45, 2.75) is 52.5 Å². The summed E-state index contributed by atoms with van der Waals surface area (Å²) in [5, 5.41) is 6.99. The lowest BCUT2D eigenvalue weighted by Crippen LogP contribution is -2.37. The number of carbonyl (C=O) groups is 1. The molecule has 5 heteroatoms. The van der Waals surface area contributed by atoms with Gasteiger partial charge in [0, 0.05) is 18.5 Å². The number of aryl methyl sites for hydroxylation is 3. The first-order valence-corrected chi connectivity index (χ1v) is 8.59. The van der Waals surface area contributed by atoms with Crippen LogP contribution in [0.2, 0.25) is 0 Å². The fourth-order valence-corrected chi connectivity index (χ4v) is 3.39. The van der Waals surface area contributed by atoms with E-state index in [1.807, 2.05) is 18.7 Å². The van der Waals surface area contributed by atoms with Crippen molar-refractivity contribution in [3.63, 3.8) is 0 Å². The van der Waals surface area contributed by atoms with Gasteiger partial charge in [-0.3, -0.25) is 0 Å². The summed E-state index contributed by atoms with van der Waals surface area (Å²) in [5.41, 5.74) is 4.07. The summed E-state index contributed by atoms with van der Waals surface area (Å²) >= 11 is 0. The molecule has 0 saturated carbocycles. The smallest absolute Gasteiger partial charge is 0.322 e. The molecule has 24 heavy (non-hydrogen) atoms. The highest BCUT2D eigenvalue weighted by atomic mass is 16.5. The molecule has 0 spiro atoms. The molecule has 128 valence electrons. The van der Waals surface area contributed by atoms with Gasteiger partial charge in [-0.25, -0.2) is 4.79 Å². The Bertz CT molecular complexity index is 721. The third kappa shape index (κ3) is 3.16. The monoisotopic (exact) mass is 327 g/mol. The number of benzene rings is 1. The Morgan fingerprint density at radius 3 is 2.71 bits per heavy atom. The minimum Gasteiger partial charge on any atom is -0.359 e. The second-order valence-electron chi connectivity index (χ2n) is 6.69. The molecule has 1 saturated heterocycles. The molecule has 0 aliphatic carbocycles. The summed E-state index contributed by atoms with van der Waals surface area (Å²) in [4.78, 5) is 14.6. The Morgan fingerprint density at radius 1 is 1.33 bits per heavy atom. The fraction of sp³-hybridized carbons (Fsp3) is 0.474. The predicted molar refractivity (Wildman–Crippen MR) is 94.3 cm³/mol. The van der Waals surface area contributed by atoms with Crippen molar-refractivity contribution in [2.75, 3.05) is 11.9 Å². The number of aromatic nitrogens is 1. The first-order valence-electron chi connectivity index (χ1n) is 8.59. The molecule has 0 radical (unpaired) electrons. The van der Waals surface area contributed by atoms with Gasteiger partial charge in [-0.1, -0.05) is 41.9 Å². The Kier molecular flexibility index (Phi) is 4.60. The van der Waals surface area contributed by atoms with E-state index in [9.17, 15) is 4.79 Å². The highest BCUT2D eigenvalue weighted by Gasteiger charge is 2.33. The van der Waals surface area contributed by atoms with E-state index in [4.69, 9.17) is 4.52 Å². The summed E-state index contributed by atoms with van der Waals surface area (Å²) in [6, 6.07) is 8.76. The van der Waals surface area contributed by atoms with Crippen molar-refractivity contribution in [3.05, 3.63) is 46.8 Å². The van der Waals surface area contributed by atoms with E-state index in [0.29, 0.717) is 17.4 Å². The van der Waals surface area contributed by atoms with Crippen LogP contribution in [0.3, 0.4) is 0 Å². The fourth-order valence-electron chi connectivity index (χ4n) is 3.39. The summed E-state index contributed by atoms with van der Waals surface area (Å²) < 4.78 is 5.20. The number of amides is 2. The molecule has 1 fully saturated rings. The Labute approximate surface area is 143 Å². The van der Waals surface area contributed by atoms with Gasteiger partial charge in [0.15, 0.2) is 5.76 Å². The molecule has 1 aliphatic rings. The minimum atomic E-state index is -0.0712. The van der Waals surface area contributed by atoms with Crippen LogP contribution < -0.4 is 5.32 Å². The van der Waals surface area contributed by atoms with Crippen LogP contribution in [-0.4, -0.2) is 28.7 Å². The topological polar surface area (TPSA) is 58.4 Å². The van der Waals surface area contributed by atoms with E-state index in [2.05, 4.69) is 48.6 Å². The first-order chi connectivity index (χ1) is 11.5. The number of urea groups is 1. The Balaban J connectivity index is 1.71. The van der Waals surface area contributed by atoms with Crippen LogP contribution >= 0.6 is 0 Å². The predicted octanol–water partition coefficient (Wildman–Crippen LogP) is 4.26. The first kappa shape index (κ1) is 16.6. The van der Waals surface area contributed by atoms with Gasteiger partial charge in [0.1, 0.15) is 11.4 Å². The van der Waals surface area contributed by atoms with E-state index < -0.39 is 0 Å². The zero-order chi connectivity index (χ0) is 17.3. The van der Waals surface area contributed by atoms with E-state index in [0.717, 1.165) is 25.1 Å². The van der Waals surface area contributed by atoms with Crippen molar-refractivity contribution in [3.8, 4) is 0 Å². The van der Waals surface area contributed by atoms with Gasteiger partial charge >= 0.3 is 6.03 Å². The van der Waals surface area contributed by atoms with Crippen LogP contribution in [0.4, 0.5) is 10.5 Å². The lowest BCUT2D eigenvalue weighted by molar-refractivity contribution is 0.209. The molecule has 2 amide bonds. The maximum atomic E-state index is 12.7. The van der Waals surface area contributed by atoms with Crippen molar-refractivity contribution >= 4 is 11.7 Å².